The monoisotopic (exact) mass is 644 g/mol. The summed E-state index contributed by atoms with van der Waals surface area (Å²) in [5.41, 5.74) is 6.56. The van der Waals surface area contributed by atoms with Crippen molar-refractivity contribution in [3.63, 3.8) is 0 Å². The van der Waals surface area contributed by atoms with E-state index in [9.17, 15) is 0 Å². The second kappa shape index (κ2) is 11.4. The van der Waals surface area contributed by atoms with E-state index < -0.39 is 8.07 Å². The molecule has 49 heavy (non-hydrogen) atoms. The predicted molar refractivity (Wildman–Crippen MR) is 219 cm³/mol. The number of rotatable bonds is 5. The first-order valence-corrected chi connectivity index (χ1v) is 21.2. The topological polar surface area (TPSA) is 0 Å². The van der Waals surface area contributed by atoms with Gasteiger partial charge in [-0.3, -0.25) is 0 Å². The van der Waals surface area contributed by atoms with E-state index in [2.05, 4.69) is 172 Å². The zero-order valence-corrected chi connectivity index (χ0v) is 29.8. The Morgan fingerprint density at radius 2 is 0.939 bits per heavy atom. The van der Waals surface area contributed by atoms with Gasteiger partial charge >= 0.3 is 0 Å². The zero-order chi connectivity index (χ0) is 33.3. The van der Waals surface area contributed by atoms with Gasteiger partial charge in [0.2, 0.25) is 0 Å². The molecular weight excluding hydrogens is 605 g/mol. The minimum atomic E-state index is -1.36. The highest BCUT2D eigenvalue weighted by Crippen LogP contribution is 2.43. The largest absolute Gasteiger partial charge is 0.0776 e. The average Bonchev–Trinajstić information content (AvgIpc) is 3.13. The van der Waals surface area contributed by atoms with E-state index in [1.165, 1.54) is 97.6 Å². The maximum Gasteiger partial charge on any atom is 0.0776 e. The van der Waals surface area contributed by atoms with E-state index in [1.54, 1.807) is 0 Å². The van der Waals surface area contributed by atoms with Crippen molar-refractivity contribution in [1.82, 2.24) is 0 Å². The van der Waals surface area contributed by atoms with E-state index in [1.807, 2.05) is 0 Å². The molecule has 0 radical (unpaired) electrons. The van der Waals surface area contributed by atoms with Crippen LogP contribution in [0.4, 0.5) is 0 Å². The summed E-state index contributed by atoms with van der Waals surface area (Å²) < 4.78 is 0. The lowest BCUT2D eigenvalue weighted by Gasteiger charge is -2.18. The normalized spacial score (nSPS) is 12.2. The lowest BCUT2D eigenvalue weighted by molar-refractivity contribution is 0.930. The highest BCUT2D eigenvalue weighted by Gasteiger charge is 2.18. The highest BCUT2D eigenvalue weighted by molar-refractivity contribution is 6.88. The second-order valence-corrected chi connectivity index (χ2v) is 19.9. The molecule has 0 amide bonds. The molecule has 0 N–H and O–H groups in total. The van der Waals surface area contributed by atoms with Crippen molar-refractivity contribution in [3.8, 4) is 22.3 Å². The predicted octanol–water partition coefficient (Wildman–Crippen LogP) is 13.4. The van der Waals surface area contributed by atoms with Crippen LogP contribution in [0.5, 0.6) is 0 Å². The van der Waals surface area contributed by atoms with Crippen molar-refractivity contribution < 1.29 is 0 Å². The maximum atomic E-state index is 2.48. The Balaban J connectivity index is 1.28. The number of hydrogen-bond acceptors (Lipinski definition) is 0. The minimum absolute atomic E-state index is 1.05. The van der Waals surface area contributed by atoms with Gasteiger partial charge in [-0.2, -0.15) is 0 Å². The Hall–Kier alpha value is -5.24. The molecule has 0 nitrogen and oxygen atoms in total. The molecule has 0 bridgehead atoms. The number of aryl methyl sites for hydroxylation is 1. The third-order valence-electron chi connectivity index (χ3n) is 10.7. The summed E-state index contributed by atoms with van der Waals surface area (Å²) in [7, 11) is -1.36. The third kappa shape index (κ3) is 4.95. The lowest BCUT2D eigenvalue weighted by Crippen LogP contribution is -2.37. The van der Waals surface area contributed by atoms with Crippen LogP contribution in [0.1, 0.15) is 18.9 Å². The molecule has 0 fully saturated rings. The van der Waals surface area contributed by atoms with E-state index in [0.29, 0.717) is 0 Å². The van der Waals surface area contributed by atoms with Gasteiger partial charge in [0.05, 0.1) is 8.07 Å². The smallest absolute Gasteiger partial charge is 0.0656 e. The van der Waals surface area contributed by atoms with Crippen LogP contribution in [-0.4, -0.2) is 8.07 Å². The van der Waals surface area contributed by atoms with Gasteiger partial charge in [-0.15, -0.1) is 0 Å². The first-order chi connectivity index (χ1) is 23.9. The average molecular weight is 645 g/mol. The van der Waals surface area contributed by atoms with E-state index in [-0.39, 0.29) is 0 Å². The number of hydrogen-bond donors (Lipinski definition) is 0. The fourth-order valence-corrected chi connectivity index (χ4v) is 9.33. The van der Waals surface area contributed by atoms with E-state index in [0.717, 1.165) is 12.8 Å². The Kier molecular flexibility index (Phi) is 6.97. The molecule has 0 saturated carbocycles. The molecule has 9 rings (SSSR count). The number of fused-ring (bicyclic) bond motifs is 10. The summed E-state index contributed by atoms with van der Waals surface area (Å²) >= 11 is 0. The molecule has 0 heterocycles. The SMILES string of the molecule is CCCc1cc(-c2cc3c4ccccc4c4ccccc4c3c3ccccc23)cc2cc(-c3ccc4cc([Si](C)(C)C)ccc4c3)ccc12. The van der Waals surface area contributed by atoms with Crippen LogP contribution >= 0.6 is 0 Å². The van der Waals surface area contributed by atoms with Crippen molar-refractivity contribution in [2.45, 2.75) is 39.4 Å². The molecule has 0 spiro atoms. The van der Waals surface area contributed by atoms with Crippen LogP contribution in [-0.2, 0) is 6.42 Å². The summed E-state index contributed by atoms with van der Waals surface area (Å²) in [5.74, 6) is 0. The molecule has 0 aromatic heterocycles. The Labute approximate surface area is 289 Å². The van der Waals surface area contributed by atoms with Crippen LogP contribution < -0.4 is 5.19 Å². The summed E-state index contributed by atoms with van der Waals surface area (Å²) in [6, 6.07) is 55.4. The van der Waals surface area contributed by atoms with Crippen LogP contribution in [0.3, 0.4) is 0 Å². The summed E-state index contributed by atoms with van der Waals surface area (Å²) in [4.78, 5) is 0. The summed E-state index contributed by atoms with van der Waals surface area (Å²) in [5, 5.41) is 17.4. The second-order valence-electron chi connectivity index (χ2n) is 14.8. The molecule has 0 aliphatic rings. The van der Waals surface area contributed by atoms with Gasteiger partial charge in [0.25, 0.3) is 0 Å². The molecule has 0 unspecified atom stereocenters. The number of benzene rings is 9. The third-order valence-corrected chi connectivity index (χ3v) is 12.7. The Morgan fingerprint density at radius 3 is 1.63 bits per heavy atom. The van der Waals surface area contributed by atoms with Gasteiger partial charge in [-0.25, -0.2) is 0 Å². The minimum Gasteiger partial charge on any atom is -0.0656 e. The van der Waals surface area contributed by atoms with Gasteiger partial charge in [-0.1, -0.05) is 159 Å². The molecular formula is C48H40Si. The molecule has 9 aromatic rings. The molecule has 0 aliphatic carbocycles. The van der Waals surface area contributed by atoms with Crippen LogP contribution in [0.15, 0.2) is 146 Å². The molecule has 1 heteroatoms. The van der Waals surface area contributed by atoms with Crippen molar-refractivity contribution in [2.24, 2.45) is 0 Å². The van der Waals surface area contributed by atoms with Crippen LogP contribution in [0, 0.1) is 0 Å². The summed E-state index contributed by atoms with van der Waals surface area (Å²) in [6.07, 6.45) is 2.16. The van der Waals surface area contributed by atoms with Gasteiger partial charge in [-0.05, 0) is 123 Å². The van der Waals surface area contributed by atoms with Crippen LogP contribution in [0.25, 0.3) is 86.9 Å². The molecule has 9 aromatic carbocycles. The molecule has 236 valence electrons. The van der Waals surface area contributed by atoms with Crippen molar-refractivity contribution in [3.05, 3.63) is 151 Å². The highest BCUT2D eigenvalue weighted by atomic mass is 28.3. The first kappa shape index (κ1) is 29.9. The summed E-state index contributed by atoms with van der Waals surface area (Å²) in [6.45, 7) is 9.55. The van der Waals surface area contributed by atoms with Crippen molar-refractivity contribution in [2.75, 3.05) is 0 Å². The standard InChI is InChI=1S/C48H40Si/c1-5-12-35-27-37(28-36-26-33(22-24-39(35)36)31-19-20-34-29-38(49(2,3)4)23-21-32(34)25-31)46-30-47-42-15-7-6-13-40(42)41-14-8-10-17-44(41)48(47)45-18-11-9-16-43(45)46/h6-11,13-30H,5,12H2,1-4H3. The Bertz CT molecular complexity index is 2760. The van der Waals surface area contributed by atoms with Gasteiger partial charge in [0.15, 0.2) is 0 Å². The molecule has 0 saturated heterocycles. The maximum absolute atomic E-state index is 2.48. The quantitative estimate of drug-likeness (QED) is 0.129. The van der Waals surface area contributed by atoms with E-state index in [4.69, 9.17) is 0 Å². The zero-order valence-electron chi connectivity index (χ0n) is 28.8. The molecule has 0 atom stereocenters. The Morgan fingerprint density at radius 1 is 0.408 bits per heavy atom. The first-order valence-electron chi connectivity index (χ1n) is 17.7. The van der Waals surface area contributed by atoms with E-state index >= 15 is 0 Å². The molecule has 0 aliphatic heterocycles. The van der Waals surface area contributed by atoms with Crippen LogP contribution in [0.2, 0.25) is 19.6 Å². The fraction of sp³-hybridized carbons (Fsp3) is 0.125. The van der Waals surface area contributed by atoms with Gasteiger partial charge in [0, 0.05) is 0 Å². The van der Waals surface area contributed by atoms with Gasteiger partial charge in [0.1, 0.15) is 0 Å². The fourth-order valence-electron chi connectivity index (χ4n) is 8.16. The van der Waals surface area contributed by atoms with Crippen molar-refractivity contribution in [1.29, 1.82) is 0 Å². The lowest BCUT2D eigenvalue weighted by atomic mass is 9.86. The van der Waals surface area contributed by atoms with Gasteiger partial charge < -0.3 is 0 Å². The van der Waals surface area contributed by atoms with Crippen molar-refractivity contribution >= 4 is 77.9 Å².